The van der Waals surface area contributed by atoms with Crippen LogP contribution in [0.25, 0.3) is 0 Å². The number of hydrogen-bond donors (Lipinski definition) is 1. The number of amides is 1. The molecule has 0 saturated carbocycles. The molecule has 0 aliphatic carbocycles. The Balaban J connectivity index is 1.49. The summed E-state index contributed by atoms with van der Waals surface area (Å²) < 4.78 is 16.8. The van der Waals surface area contributed by atoms with Crippen LogP contribution in [0.4, 0.5) is 0 Å². The number of methoxy groups -OCH3 is 1. The van der Waals surface area contributed by atoms with Crippen LogP contribution in [0.15, 0.2) is 30.3 Å². The number of carbonyl (C=O) groups excluding carboxylic acids is 1. The smallest absolute Gasteiger partial charge is 0.255 e. The van der Waals surface area contributed by atoms with E-state index in [-0.39, 0.29) is 5.91 Å². The Hall–Kier alpha value is -2.69. The summed E-state index contributed by atoms with van der Waals surface area (Å²) >= 11 is 0. The summed E-state index contributed by atoms with van der Waals surface area (Å²) in [5.74, 6) is 2.43. The molecule has 0 spiro atoms. The van der Waals surface area contributed by atoms with Gasteiger partial charge >= 0.3 is 0 Å². The van der Waals surface area contributed by atoms with Gasteiger partial charge in [-0.2, -0.15) is 0 Å². The molecule has 25 heavy (non-hydrogen) atoms. The van der Waals surface area contributed by atoms with Crippen LogP contribution in [0.3, 0.4) is 0 Å². The van der Waals surface area contributed by atoms with Crippen molar-refractivity contribution in [2.24, 2.45) is 0 Å². The van der Waals surface area contributed by atoms with Crippen LogP contribution in [0.5, 0.6) is 17.2 Å². The van der Waals surface area contributed by atoms with Crippen molar-refractivity contribution in [3.63, 3.8) is 0 Å². The van der Waals surface area contributed by atoms with Crippen molar-refractivity contribution < 1.29 is 19.0 Å². The lowest BCUT2D eigenvalue weighted by molar-refractivity contribution is 0.0951. The minimum atomic E-state index is -0.126. The average Bonchev–Trinajstić information content (AvgIpc) is 3.29. The largest absolute Gasteiger partial charge is 0.496 e. The van der Waals surface area contributed by atoms with Crippen LogP contribution in [-0.2, 0) is 19.3 Å². The fraction of sp³-hybridized carbons (Fsp3) is 0.350. The monoisotopic (exact) mass is 339 g/mol. The van der Waals surface area contributed by atoms with Gasteiger partial charge in [-0.05, 0) is 24.6 Å². The van der Waals surface area contributed by atoms with E-state index in [9.17, 15) is 4.79 Å². The summed E-state index contributed by atoms with van der Waals surface area (Å²) in [7, 11) is 1.57. The predicted octanol–water partition coefficient (Wildman–Crippen LogP) is 2.54. The van der Waals surface area contributed by atoms with Crippen molar-refractivity contribution in [2.45, 2.75) is 19.3 Å². The van der Waals surface area contributed by atoms with Crippen LogP contribution >= 0.6 is 0 Å². The van der Waals surface area contributed by atoms with Crippen molar-refractivity contribution in [1.29, 1.82) is 0 Å². The van der Waals surface area contributed by atoms with E-state index in [0.717, 1.165) is 44.0 Å². The van der Waals surface area contributed by atoms with Crippen molar-refractivity contribution in [1.82, 2.24) is 5.32 Å². The topological polar surface area (TPSA) is 56.8 Å². The number of nitrogens with one attached hydrogen (secondary N) is 1. The second-order valence-electron chi connectivity index (χ2n) is 6.22. The van der Waals surface area contributed by atoms with Crippen molar-refractivity contribution >= 4 is 5.91 Å². The molecule has 2 aromatic rings. The fourth-order valence-corrected chi connectivity index (χ4v) is 3.58. The third kappa shape index (κ3) is 2.90. The first-order chi connectivity index (χ1) is 12.3. The molecule has 0 radical (unpaired) electrons. The van der Waals surface area contributed by atoms with E-state index in [1.807, 2.05) is 12.1 Å². The average molecular weight is 339 g/mol. The number of fused-ring (bicyclic) bond motifs is 2. The van der Waals surface area contributed by atoms with Crippen molar-refractivity contribution in [3.05, 3.63) is 52.6 Å². The molecule has 2 heterocycles. The van der Waals surface area contributed by atoms with E-state index < -0.39 is 0 Å². The Morgan fingerprint density at radius 1 is 1.20 bits per heavy atom. The molecule has 0 saturated heterocycles. The Kier molecular flexibility index (Phi) is 4.22. The van der Waals surface area contributed by atoms with E-state index in [2.05, 4.69) is 11.4 Å². The number of hydrogen-bond acceptors (Lipinski definition) is 4. The number of carbonyl (C=O) groups is 1. The zero-order valence-electron chi connectivity index (χ0n) is 14.3. The molecule has 2 aliphatic rings. The van der Waals surface area contributed by atoms with Crippen LogP contribution in [0, 0.1) is 0 Å². The first-order valence-electron chi connectivity index (χ1n) is 8.62. The van der Waals surface area contributed by atoms with E-state index >= 15 is 0 Å². The normalized spacial score (nSPS) is 14.3. The summed E-state index contributed by atoms with van der Waals surface area (Å²) in [6.45, 7) is 1.99. The van der Waals surface area contributed by atoms with Gasteiger partial charge in [-0.25, -0.2) is 0 Å². The lowest BCUT2D eigenvalue weighted by Gasteiger charge is -2.14. The summed E-state index contributed by atoms with van der Waals surface area (Å²) in [4.78, 5) is 12.4. The Bertz CT molecular complexity index is 783. The fourth-order valence-electron chi connectivity index (χ4n) is 3.58. The molecule has 2 aliphatic heterocycles. The maximum atomic E-state index is 12.4. The second kappa shape index (κ2) is 6.67. The number of benzene rings is 2. The summed E-state index contributed by atoms with van der Waals surface area (Å²) in [5, 5.41) is 2.99. The third-order valence-electron chi connectivity index (χ3n) is 4.77. The molecule has 1 N–H and O–H groups in total. The molecule has 4 rings (SSSR count). The van der Waals surface area contributed by atoms with Gasteiger partial charge < -0.3 is 19.5 Å². The molecular formula is C20H21NO4. The molecule has 0 atom stereocenters. The van der Waals surface area contributed by atoms with Gasteiger partial charge in [0, 0.05) is 36.1 Å². The first kappa shape index (κ1) is 15.8. The van der Waals surface area contributed by atoms with Gasteiger partial charge in [0.25, 0.3) is 5.91 Å². The Morgan fingerprint density at radius 3 is 2.92 bits per heavy atom. The third-order valence-corrected chi connectivity index (χ3v) is 4.77. The first-order valence-corrected chi connectivity index (χ1v) is 8.62. The highest BCUT2D eigenvalue weighted by molar-refractivity contribution is 5.96. The standard InChI is InChI=1S/C20H21NO4/c1-23-17-5-3-2-4-16(17)20(22)21-9-6-15-14-8-11-24-18(14)12-13-7-10-25-19(13)15/h2-5,12H,6-11H2,1H3,(H,21,22). The number of ether oxygens (including phenoxy) is 3. The van der Waals surface area contributed by atoms with Gasteiger partial charge in [0.15, 0.2) is 0 Å². The lowest BCUT2D eigenvalue weighted by atomic mass is 9.97. The highest BCUT2D eigenvalue weighted by Gasteiger charge is 2.26. The number of rotatable bonds is 5. The van der Waals surface area contributed by atoms with Gasteiger partial charge in [-0.3, -0.25) is 4.79 Å². The minimum absolute atomic E-state index is 0.126. The van der Waals surface area contributed by atoms with E-state index in [4.69, 9.17) is 14.2 Å². The van der Waals surface area contributed by atoms with Gasteiger partial charge in [-0.1, -0.05) is 12.1 Å². The molecule has 5 heteroatoms. The molecule has 1 amide bonds. The maximum Gasteiger partial charge on any atom is 0.255 e. The van der Waals surface area contributed by atoms with Crippen LogP contribution < -0.4 is 19.5 Å². The molecule has 5 nitrogen and oxygen atoms in total. The van der Waals surface area contributed by atoms with Crippen LogP contribution in [0.2, 0.25) is 0 Å². The van der Waals surface area contributed by atoms with E-state index in [0.29, 0.717) is 17.9 Å². The highest BCUT2D eigenvalue weighted by Crippen LogP contribution is 2.40. The van der Waals surface area contributed by atoms with Gasteiger partial charge in [-0.15, -0.1) is 0 Å². The lowest BCUT2D eigenvalue weighted by Crippen LogP contribution is -2.26. The Labute approximate surface area is 146 Å². The predicted molar refractivity (Wildman–Crippen MR) is 93.9 cm³/mol. The molecule has 130 valence electrons. The highest BCUT2D eigenvalue weighted by atomic mass is 16.5. The zero-order chi connectivity index (χ0) is 17.2. The maximum absolute atomic E-state index is 12.4. The number of para-hydroxylation sites is 1. The minimum Gasteiger partial charge on any atom is -0.496 e. The molecule has 0 aromatic heterocycles. The van der Waals surface area contributed by atoms with E-state index in [1.165, 1.54) is 16.7 Å². The molecule has 0 fully saturated rings. The Morgan fingerprint density at radius 2 is 2.04 bits per heavy atom. The molecule has 0 unspecified atom stereocenters. The van der Waals surface area contributed by atoms with Crippen LogP contribution in [-0.4, -0.2) is 32.8 Å². The van der Waals surface area contributed by atoms with Gasteiger partial charge in [0.2, 0.25) is 0 Å². The summed E-state index contributed by atoms with van der Waals surface area (Å²) in [6.07, 6.45) is 2.56. The van der Waals surface area contributed by atoms with E-state index in [1.54, 1.807) is 19.2 Å². The SMILES string of the molecule is COc1ccccc1C(=O)NCCc1c2c(cc3c1OCC3)OCC2. The summed E-state index contributed by atoms with van der Waals surface area (Å²) in [6, 6.07) is 9.35. The molecule has 2 aromatic carbocycles. The van der Waals surface area contributed by atoms with Crippen molar-refractivity contribution in [2.75, 3.05) is 26.9 Å². The van der Waals surface area contributed by atoms with Gasteiger partial charge in [0.1, 0.15) is 17.2 Å². The molecule has 0 bridgehead atoms. The van der Waals surface area contributed by atoms with Crippen LogP contribution in [0.1, 0.15) is 27.0 Å². The second-order valence-corrected chi connectivity index (χ2v) is 6.22. The quantitative estimate of drug-likeness (QED) is 0.909. The molecular weight excluding hydrogens is 318 g/mol. The van der Waals surface area contributed by atoms with Crippen molar-refractivity contribution in [3.8, 4) is 17.2 Å². The zero-order valence-corrected chi connectivity index (χ0v) is 14.3. The van der Waals surface area contributed by atoms with Gasteiger partial charge in [0.05, 0.1) is 25.9 Å². The summed E-state index contributed by atoms with van der Waals surface area (Å²) in [5.41, 5.74) is 4.18.